The minimum Gasteiger partial charge on any atom is -0.370 e. The predicted octanol–water partition coefficient (Wildman–Crippen LogP) is 4.17. The molecule has 0 unspecified atom stereocenters. The van der Waals surface area contributed by atoms with Crippen LogP contribution in [0.2, 0.25) is 0 Å². The third-order valence-electron chi connectivity index (χ3n) is 4.05. The lowest BCUT2D eigenvalue weighted by Gasteiger charge is -2.20. The van der Waals surface area contributed by atoms with E-state index >= 15 is 0 Å². The lowest BCUT2D eigenvalue weighted by Crippen LogP contribution is -2.25. The van der Waals surface area contributed by atoms with Crippen LogP contribution in [0.25, 0.3) is 0 Å². The molecular formula is C16H26IN3. The summed E-state index contributed by atoms with van der Waals surface area (Å²) in [6, 6.07) is 8.32. The number of aliphatic imine (C=N–C) groups is 1. The van der Waals surface area contributed by atoms with Crippen LogP contribution in [0.15, 0.2) is 29.3 Å². The van der Waals surface area contributed by atoms with E-state index in [1.54, 1.807) is 0 Å². The lowest BCUT2D eigenvalue weighted by molar-refractivity contribution is 0.351. The Morgan fingerprint density at radius 2 is 2.05 bits per heavy atom. The van der Waals surface area contributed by atoms with Crippen molar-refractivity contribution in [2.75, 3.05) is 11.9 Å². The highest BCUT2D eigenvalue weighted by atomic mass is 127. The van der Waals surface area contributed by atoms with Gasteiger partial charge < -0.3 is 11.1 Å². The summed E-state index contributed by atoms with van der Waals surface area (Å²) in [5.41, 5.74) is 8.66. The molecule has 1 aliphatic rings. The van der Waals surface area contributed by atoms with E-state index in [4.69, 9.17) is 5.73 Å². The summed E-state index contributed by atoms with van der Waals surface area (Å²) in [6.45, 7) is 5.30. The van der Waals surface area contributed by atoms with Crippen LogP contribution in [0, 0.1) is 5.41 Å². The maximum atomic E-state index is 5.97. The van der Waals surface area contributed by atoms with E-state index in [2.05, 4.69) is 36.3 Å². The average molecular weight is 387 g/mol. The summed E-state index contributed by atoms with van der Waals surface area (Å²) in [4.78, 5) is 4.51. The molecule has 112 valence electrons. The Balaban J connectivity index is 0.00000200. The van der Waals surface area contributed by atoms with Crippen molar-refractivity contribution in [2.24, 2.45) is 16.1 Å². The van der Waals surface area contributed by atoms with Gasteiger partial charge in [0.05, 0.1) is 0 Å². The molecule has 0 amide bonds. The van der Waals surface area contributed by atoms with E-state index < -0.39 is 0 Å². The molecule has 3 N–H and O–H groups in total. The minimum atomic E-state index is 0. The average Bonchev–Trinajstić information content (AvgIpc) is 2.84. The zero-order valence-electron chi connectivity index (χ0n) is 12.5. The quantitative estimate of drug-likeness (QED) is 0.463. The van der Waals surface area contributed by atoms with Gasteiger partial charge in [-0.3, -0.25) is 4.99 Å². The highest BCUT2D eigenvalue weighted by Gasteiger charge is 2.28. The molecule has 1 fully saturated rings. The first-order chi connectivity index (χ1) is 9.11. The van der Waals surface area contributed by atoms with Gasteiger partial charge >= 0.3 is 0 Å². The highest BCUT2D eigenvalue weighted by Crippen LogP contribution is 2.37. The van der Waals surface area contributed by atoms with Crippen molar-refractivity contribution in [1.82, 2.24) is 0 Å². The van der Waals surface area contributed by atoms with Crippen molar-refractivity contribution in [3.05, 3.63) is 29.8 Å². The molecule has 0 bridgehead atoms. The maximum absolute atomic E-state index is 5.97. The van der Waals surface area contributed by atoms with Crippen molar-refractivity contribution < 1.29 is 0 Å². The minimum absolute atomic E-state index is 0. The lowest BCUT2D eigenvalue weighted by atomic mass is 9.89. The van der Waals surface area contributed by atoms with Gasteiger partial charge in [0.1, 0.15) is 0 Å². The largest absolute Gasteiger partial charge is 0.370 e. The van der Waals surface area contributed by atoms with Crippen molar-refractivity contribution in [3.8, 4) is 0 Å². The third kappa shape index (κ3) is 4.96. The predicted molar refractivity (Wildman–Crippen MR) is 97.9 cm³/mol. The number of guanidine groups is 1. The second-order valence-electron chi connectivity index (χ2n) is 5.90. The second-order valence-corrected chi connectivity index (χ2v) is 5.90. The Morgan fingerprint density at radius 1 is 1.35 bits per heavy atom. The number of benzene rings is 1. The molecule has 1 aromatic rings. The monoisotopic (exact) mass is 387 g/mol. The fourth-order valence-electron chi connectivity index (χ4n) is 2.72. The van der Waals surface area contributed by atoms with E-state index in [0.29, 0.717) is 11.4 Å². The van der Waals surface area contributed by atoms with Crippen LogP contribution in [-0.4, -0.2) is 12.5 Å². The standard InChI is InChI=1S/C16H25N3.HI/c1-3-13-7-6-8-14(11-13)19-15(17)18-12-16(2)9-4-5-10-16;/h6-8,11H,3-5,9-10,12H2,1-2H3,(H3,17,18,19);1H. The first kappa shape index (κ1) is 17.3. The first-order valence-corrected chi connectivity index (χ1v) is 7.27. The van der Waals surface area contributed by atoms with Gasteiger partial charge in [-0.1, -0.05) is 38.8 Å². The zero-order valence-corrected chi connectivity index (χ0v) is 14.8. The smallest absolute Gasteiger partial charge is 0.193 e. The molecule has 0 atom stereocenters. The highest BCUT2D eigenvalue weighted by molar-refractivity contribution is 14.0. The topological polar surface area (TPSA) is 50.4 Å². The molecule has 0 radical (unpaired) electrons. The summed E-state index contributed by atoms with van der Waals surface area (Å²) < 4.78 is 0. The van der Waals surface area contributed by atoms with Crippen LogP contribution in [0.1, 0.15) is 45.1 Å². The Bertz CT molecular complexity index is 451. The van der Waals surface area contributed by atoms with Crippen LogP contribution in [-0.2, 0) is 6.42 Å². The van der Waals surface area contributed by atoms with Crippen molar-refractivity contribution in [3.63, 3.8) is 0 Å². The van der Waals surface area contributed by atoms with Gasteiger partial charge in [0.2, 0.25) is 0 Å². The zero-order chi connectivity index (χ0) is 13.7. The van der Waals surface area contributed by atoms with Crippen LogP contribution >= 0.6 is 24.0 Å². The molecule has 1 aliphatic carbocycles. The van der Waals surface area contributed by atoms with Gasteiger partial charge in [-0.25, -0.2) is 0 Å². The first-order valence-electron chi connectivity index (χ1n) is 7.27. The van der Waals surface area contributed by atoms with Gasteiger partial charge in [0.15, 0.2) is 5.96 Å². The number of anilines is 1. The van der Waals surface area contributed by atoms with Gasteiger partial charge in [0, 0.05) is 12.2 Å². The number of halogens is 1. The van der Waals surface area contributed by atoms with E-state index in [1.807, 2.05) is 12.1 Å². The van der Waals surface area contributed by atoms with Gasteiger partial charge in [-0.15, -0.1) is 24.0 Å². The molecule has 0 spiro atoms. The van der Waals surface area contributed by atoms with Gasteiger partial charge in [-0.05, 0) is 42.4 Å². The molecule has 0 saturated heterocycles. The number of hydrogen-bond acceptors (Lipinski definition) is 1. The number of rotatable bonds is 4. The van der Waals surface area contributed by atoms with Crippen molar-refractivity contribution >= 4 is 35.6 Å². The summed E-state index contributed by atoms with van der Waals surface area (Å²) in [7, 11) is 0. The Kier molecular flexibility index (Phi) is 6.79. The fraction of sp³-hybridized carbons (Fsp3) is 0.562. The number of nitrogens with one attached hydrogen (secondary N) is 1. The molecule has 0 aromatic heterocycles. The molecule has 4 heteroatoms. The normalized spacial score (nSPS) is 17.6. The molecule has 1 saturated carbocycles. The second kappa shape index (κ2) is 7.86. The third-order valence-corrected chi connectivity index (χ3v) is 4.05. The Morgan fingerprint density at radius 3 is 2.70 bits per heavy atom. The van der Waals surface area contributed by atoms with E-state index in [-0.39, 0.29) is 24.0 Å². The number of hydrogen-bond donors (Lipinski definition) is 2. The Hall–Kier alpha value is -0.780. The van der Waals surface area contributed by atoms with E-state index in [9.17, 15) is 0 Å². The number of nitrogens with two attached hydrogens (primary N) is 1. The maximum Gasteiger partial charge on any atom is 0.193 e. The van der Waals surface area contributed by atoms with Gasteiger partial charge in [0.25, 0.3) is 0 Å². The molecule has 1 aromatic carbocycles. The van der Waals surface area contributed by atoms with E-state index in [0.717, 1.165) is 18.7 Å². The van der Waals surface area contributed by atoms with Gasteiger partial charge in [-0.2, -0.15) is 0 Å². The summed E-state index contributed by atoms with van der Waals surface area (Å²) in [5, 5.41) is 3.19. The molecule has 2 rings (SSSR count). The van der Waals surface area contributed by atoms with Crippen LogP contribution in [0.4, 0.5) is 5.69 Å². The number of aryl methyl sites for hydroxylation is 1. The summed E-state index contributed by atoms with van der Waals surface area (Å²) >= 11 is 0. The summed E-state index contributed by atoms with van der Waals surface area (Å²) in [6.07, 6.45) is 6.24. The Labute approximate surface area is 139 Å². The van der Waals surface area contributed by atoms with E-state index in [1.165, 1.54) is 31.2 Å². The number of nitrogens with zero attached hydrogens (tertiary/aromatic N) is 1. The molecule has 0 aliphatic heterocycles. The SMILES string of the molecule is CCc1cccc(NC(N)=NCC2(C)CCCC2)c1.I. The van der Waals surface area contributed by atoms with Crippen LogP contribution in [0.5, 0.6) is 0 Å². The van der Waals surface area contributed by atoms with Crippen LogP contribution < -0.4 is 11.1 Å². The van der Waals surface area contributed by atoms with Crippen molar-refractivity contribution in [2.45, 2.75) is 46.0 Å². The molecular weight excluding hydrogens is 361 g/mol. The molecule has 0 heterocycles. The molecule has 3 nitrogen and oxygen atoms in total. The fourth-order valence-corrected chi connectivity index (χ4v) is 2.72. The van der Waals surface area contributed by atoms with Crippen molar-refractivity contribution in [1.29, 1.82) is 0 Å². The van der Waals surface area contributed by atoms with Crippen LogP contribution in [0.3, 0.4) is 0 Å². The molecule has 20 heavy (non-hydrogen) atoms. The summed E-state index contributed by atoms with van der Waals surface area (Å²) in [5.74, 6) is 0.529.